The van der Waals surface area contributed by atoms with Crippen LogP contribution in [0.5, 0.6) is 0 Å². The molecule has 7 heteroatoms. The molecule has 22 heavy (non-hydrogen) atoms. The van der Waals surface area contributed by atoms with Crippen molar-refractivity contribution >= 4 is 39.5 Å². The van der Waals surface area contributed by atoms with Gasteiger partial charge in [0.1, 0.15) is 0 Å². The molecule has 0 aliphatic rings. The molecule has 2 N–H and O–H groups in total. The fourth-order valence-corrected chi connectivity index (χ4v) is 1.69. The highest BCUT2D eigenvalue weighted by Gasteiger charge is 2.16. The van der Waals surface area contributed by atoms with Crippen molar-refractivity contribution < 1.29 is 8.42 Å². The number of nitrogens with two attached hydrogens (primary N) is 1. The zero-order valence-electron chi connectivity index (χ0n) is 13.9. The molecule has 1 aromatic heterocycles. The van der Waals surface area contributed by atoms with E-state index in [0.29, 0.717) is 5.02 Å². The van der Waals surface area contributed by atoms with Crippen molar-refractivity contribution in [2.24, 2.45) is 5.14 Å². The molecule has 1 heterocycles. The summed E-state index contributed by atoms with van der Waals surface area (Å²) < 4.78 is 21.5. The van der Waals surface area contributed by atoms with Gasteiger partial charge in [0.25, 0.3) is 0 Å². The maximum absolute atomic E-state index is 11.7. The number of pyridine rings is 1. The standard InChI is InChI=1S/C11H14ClNOS.C4H11NOS/c1-11(2,3)15(14)7-5-10-8-9(12)4-6-13-10;1-4(2,3)7(5)6/h4-8H,1-3H3;5H2,1-3H3/b7-5+;/t15-;/m0./s1. The Morgan fingerprint density at radius 2 is 1.64 bits per heavy atom. The van der Waals surface area contributed by atoms with E-state index in [0.717, 1.165) is 5.69 Å². The Morgan fingerprint density at radius 3 is 2.00 bits per heavy atom. The van der Waals surface area contributed by atoms with Gasteiger partial charge < -0.3 is 0 Å². The molecule has 1 aromatic rings. The van der Waals surface area contributed by atoms with Crippen LogP contribution in [-0.4, -0.2) is 22.9 Å². The molecule has 0 bridgehead atoms. The van der Waals surface area contributed by atoms with Crippen LogP contribution in [0.1, 0.15) is 47.2 Å². The SMILES string of the molecule is CC(C)(C)S(N)=O.CC(C)(C)[S@@](=O)/C=C/c1cc(Cl)ccn1. The van der Waals surface area contributed by atoms with Gasteiger partial charge in [0.15, 0.2) is 0 Å². The number of hydrogen-bond donors (Lipinski definition) is 1. The number of aromatic nitrogens is 1. The van der Waals surface area contributed by atoms with E-state index < -0.39 is 21.8 Å². The van der Waals surface area contributed by atoms with Gasteiger partial charge in [0.2, 0.25) is 0 Å². The zero-order valence-corrected chi connectivity index (χ0v) is 16.3. The van der Waals surface area contributed by atoms with Crippen molar-refractivity contribution in [3.05, 3.63) is 34.5 Å². The maximum atomic E-state index is 11.7. The lowest BCUT2D eigenvalue weighted by atomic mass is 10.3. The van der Waals surface area contributed by atoms with Gasteiger partial charge in [-0.2, -0.15) is 0 Å². The third-order valence-corrected chi connectivity index (χ3v) is 5.35. The van der Waals surface area contributed by atoms with E-state index in [9.17, 15) is 8.42 Å². The molecule has 0 aliphatic heterocycles. The molecule has 0 saturated heterocycles. The number of halogens is 1. The Hall–Kier alpha value is -0.560. The second kappa shape index (κ2) is 8.91. The molecule has 1 unspecified atom stereocenters. The van der Waals surface area contributed by atoms with E-state index in [1.807, 2.05) is 41.5 Å². The molecule has 2 atom stereocenters. The number of nitrogens with zero attached hydrogens (tertiary/aromatic N) is 1. The highest BCUT2D eigenvalue weighted by Crippen LogP contribution is 2.14. The molecule has 0 fully saturated rings. The van der Waals surface area contributed by atoms with Crippen LogP contribution in [0.25, 0.3) is 6.08 Å². The summed E-state index contributed by atoms with van der Waals surface area (Å²) in [5.74, 6) is 0. The lowest BCUT2D eigenvalue weighted by molar-refractivity contribution is 0.650. The second-order valence-electron chi connectivity index (χ2n) is 6.52. The van der Waals surface area contributed by atoms with Gasteiger partial charge in [-0.05, 0) is 59.8 Å². The summed E-state index contributed by atoms with van der Waals surface area (Å²) in [7, 11) is -2.19. The normalized spacial score (nSPS) is 15.1. The molecule has 1 rings (SSSR count). The van der Waals surface area contributed by atoms with E-state index in [1.165, 1.54) is 0 Å². The molecule has 0 aromatic carbocycles. The van der Waals surface area contributed by atoms with Crippen LogP contribution >= 0.6 is 11.6 Å². The number of rotatable bonds is 2. The zero-order chi connectivity index (χ0) is 17.6. The van der Waals surface area contributed by atoms with Gasteiger partial charge in [-0.15, -0.1) is 0 Å². The van der Waals surface area contributed by atoms with Crippen LogP contribution in [0.15, 0.2) is 23.7 Å². The lowest BCUT2D eigenvalue weighted by Gasteiger charge is -2.13. The lowest BCUT2D eigenvalue weighted by Crippen LogP contribution is -2.27. The largest absolute Gasteiger partial charge is 0.257 e. The van der Waals surface area contributed by atoms with Crippen molar-refractivity contribution in [3.8, 4) is 0 Å². The summed E-state index contributed by atoms with van der Waals surface area (Å²) in [5.41, 5.74) is 0.722. The third-order valence-electron chi connectivity index (χ3n) is 2.31. The van der Waals surface area contributed by atoms with Crippen LogP contribution < -0.4 is 5.14 Å². The van der Waals surface area contributed by atoms with Crippen molar-refractivity contribution in [2.45, 2.75) is 51.0 Å². The maximum Gasteiger partial charge on any atom is 0.0942 e. The Labute approximate surface area is 143 Å². The van der Waals surface area contributed by atoms with Gasteiger partial charge in [0.05, 0.1) is 32.2 Å². The van der Waals surface area contributed by atoms with Gasteiger partial charge in [-0.25, -0.2) is 4.21 Å². The number of hydrogen-bond acceptors (Lipinski definition) is 3. The monoisotopic (exact) mass is 364 g/mol. The highest BCUT2D eigenvalue weighted by atomic mass is 35.5. The molecule has 0 spiro atoms. The van der Waals surface area contributed by atoms with Crippen molar-refractivity contribution in [1.82, 2.24) is 4.98 Å². The van der Waals surface area contributed by atoms with E-state index in [2.05, 4.69) is 4.98 Å². The highest BCUT2D eigenvalue weighted by molar-refractivity contribution is 7.89. The average Bonchev–Trinajstić information content (AvgIpc) is 2.34. The first-order valence-corrected chi connectivity index (χ1v) is 9.51. The summed E-state index contributed by atoms with van der Waals surface area (Å²) in [6.07, 6.45) is 3.36. The van der Waals surface area contributed by atoms with Gasteiger partial charge in [-0.3, -0.25) is 14.3 Å². The first-order chi connectivity index (χ1) is 9.84. The Balaban J connectivity index is 0.000000534. The molecular formula is C15H25ClN2O2S2. The minimum absolute atomic E-state index is 0.241. The predicted molar refractivity (Wildman–Crippen MR) is 98.3 cm³/mol. The molecular weight excluding hydrogens is 340 g/mol. The Bertz CT molecular complexity index is 561. The quantitative estimate of drug-likeness (QED) is 0.870. The Kier molecular flexibility index (Phi) is 8.69. The minimum atomic E-state index is -1.18. The molecule has 0 aliphatic carbocycles. The summed E-state index contributed by atoms with van der Waals surface area (Å²) in [6, 6.07) is 3.44. The first-order valence-electron chi connectivity index (χ1n) is 6.71. The summed E-state index contributed by atoms with van der Waals surface area (Å²) >= 11 is 5.80. The van der Waals surface area contributed by atoms with E-state index >= 15 is 0 Å². The summed E-state index contributed by atoms with van der Waals surface area (Å²) in [6.45, 7) is 11.3. The van der Waals surface area contributed by atoms with Crippen LogP contribution in [0, 0.1) is 0 Å². The van der Waals surface area contributed by atoms with E-state index in [1.54, 1.807) is 29.8 Å². The van der Waals surface area contributed by atoms with E-state index in [-0.39, 0.29) is 9.49 Å². The molecule has 4 nitrogen and oxygen atoms in total. The molecule has 0 amide bonds. The van der Waals surface area contributed by atoms with Crippen LogP contribution in [0.4, 0.5) is 0 Å². The van der Waals surface area contributed by atoms with Crippen molar-refractivity contribution in [1.29, 1.82) is 0 Å². The van der Waals surface area contributed by atoms with Crippen LogP contribution in [-0.2, 0) is 21.8 Å². The molecule has 0 radical (unpaired) electrons. The summed E-state index contributed by atoms with van der Waals surface area (Å²) in [4.78, 5) is 4.09. The van der Waals surface area contributed by atoms with E-state index in [4.69, 9.17) is 16.7 Å². The van der Waals surface area contributed by atoms with Crippen LogP contribution in [0.3, 0.4) is 0 Å². The second-order valence-corrected chi connectivity index (χ2v) is 10.9. The fraction of sp³-hybridized carbons (Fsp3) is 0.533. The third kappa shape index (κ3) is 9.46. The predicted octanol–water partition coefficient (Wildman–Crippen LogP) is 3.66. The topological polar surface area (TPSA) is 73.1 Å². The van der Waals surface area contributed by atoms with Gasteiger partial charge in [-0.1, -0.05) is 11.6 Å². The van der Waals surface area contributed by atoms with Gasteiger partial charge in [0, 0.05) is 21.4 Å². The smallest absolute Gasteiger partial charge is 0.0942 e. The van der Waals surface area contributed by atoms with Gasteiger partial charge >= 0.3 is 0 Å². The minimum Gasteiger partial charge on any atom is -0.257 e. The molecule has 126 valence electrons. The van der Waals surface area contributed by atoms with Crippen molar-refractivity contribution in [2.75, 3.05) is 0 Å². The summed E-state index contributed by atoms with van der Waals surface area (Å²) in [5, 5.41) is 7.32. The van der Waals surface area contributed by atoms with Crippen LogP contribution in [0.2, 0.25) is 5.02 Å². The van der Waals surface area contributed by atoms with Crippen molar-refractivity contribution in [3.63, 3.8) is 0 Å². The fourth-order valence-electron chi connectivity index (χ4n) is 0.848. The molecule has 0 saturated carbocycles. The Morgan fingerprint density at radius 1 is 1.14 bits per heavy atom. The first kappa shape index (κ1) is 21.4. The average molecular weight is 365 g/mol.